The monoisotopic (exact) mass is 374 g/mol. The number of rotatable bonds is 8. The molecule has 27 heavy (non-hydrogen) atoms. The van der Waals surface area contributed by atoms with Crippen molar-refractivity contribution in [3.05, 3.63) is 29.8 Å². The number of amides is 1. The number of carbonyl (C=O) groups is 2. The Labute approximate surface area is 160 Å². The zero-order valence-corrected chi connectivity index (χ0v) is 15.9. The largest absolute Gasteiger partial charge is 0.492 e. The van der Waals surface area contributed by atoms with Gasteiger partial charge < -0.3 is 15.2 Å². The van der Waals surface area contributed by atoms with Crippen molar-refractivity contribution in [1.82, 2.24) is 10.2 Å². The first kappa shape index (κ1) is 19.7. The highest BCUT2D eigenvalue weighted by Gasteiger charge is 2.35. The van der Waals surface area contributed by atoms with Crippen molar-refractivity contribution in [2.24, 2.45) is 11.8 Å². The maximum atomic E-state index is 12.6. The maximum absolute atomic E-state index is 12.6. The van der Waals surface area contributed by atoms with Crippen LogP contribution in [0.3, 0.4) is 0 Å². The van der Waals surface area contributed by atoms with Crippen molar-refractivity contribution in [3.63, 3.8) is 0 Å². The normalized spacial score (nSPS) is 23.1. The Balaban J connectivity index is 1.52. The molecular formula is C21H30N2O4. The summed E-state index contributed by atoms with van der Waals surface area (Å²) in [6.45, 7) is 4.21. The molecule has 2 fully saturated rings. The fraction of sp³-hybridized carbons (Fsp3) is 0.619. The first-order chi connectivity index (χ1) is 13.1. The van der Waals surface area contributed by atoms with E-state index < -0.39 is 17.8 Å². The van der Waals surface area contributed by atoms with E-state index in [1.54, 1.807) is 0 Å². The van der Waals surface area contributed by atoms with Gasteiger partial charge in [-0.1, -0.05) is 31.0 Å². The van der Waals surface area contributed by atoms with Crippen molar-refractivity contribution in [1.29, 1.82) is 0 Å². The lowest BCUT2D eigenvalue weighted by Gasteiger charge is -2.27. The van der Waals surface area contributed by atoms with Gasteiger partial charge in [-0.15, -0.1) is 0 Å². The van der Waals surface area contributed by atoms with Crippen LogP contribution in [0, 0.1) is 11.8 Å². The van der Waals surface area contributed by atoms with Crippen LogP contribution in [-0.4, -0.2) is 48.1 Å². The summed E-state index contributed by atoms with van der Waals surface area (Å²) in [6.07, 6.45) is 5.56. The van der Waals surface area contributed by atoms with Gasteiger partial charge in [0.1, 0.15) is 12.4 Å². The molecule has 2 aliphatic rings. The van der Waals surface area contributed by atoms with Gasteiger partial charge in [-0.2, -0.15) is 0 Å². The van der Waals surface area contributed by atoms with Gasteiger partial charge >= 0.3 is 5.97 Å². The molecule has 0 spiro atoms. The van der Waals surface area contributed by atoms with E-state index >= 15 is 0 Å². The van der Waals surface area contributed by atoms with Crippen LogP contribution in [0.15, 0.2) is 24.3 Å². The Kier molecular flexibility index (Phi) is 7.10. The second-order valence-electron chi connectivity index (χ2n) is 7.56. The summed E-state index contributed by atoms with van der Waals surface area (Å²) < 4.78 is 5.95. The molecule has 6 heteroatoms. The fourth-order valence-electron chi connectivity index (χ4n) is 4.14. The lowest BCUT2D eigenvalue weighted by Crippen LogP contribution is -2.39. The van der Waals surface area contributed by atoms with Crippen LogP contribution >= 0.6 is 0 Å². The van der Waals surface area contributed by atoms with Crippen LogP contribution in [0.5, 0.6) is 5.75 Å². The molecule has 2 unspecified atom stereocenters. The number of para-hydroxylation sites is 1. The Hall–Kier alpha value is -2.08. The van der Waals surface area contributed by atoms with Crippen LogP contribution in [0.4, 0.5) is 0 Å². The second kappa shape index (κ2) is 9.74. The zero-order valence-electron chi connectivity index (χ0n) is 15.9. The first-order valence-corrected chi connectivity index (χ1v) is 10.1. The second-order valence-corrected chi connectivity index (χ2v) is 7.56. The van der Waals surface area contributed by atoms with Gasteiger partial charge in [-0.25, -0.2) is 0 Å². The number of carboxylic acids is 1. The number of ether oxygens (including phenoxy) is 1. The van der Waals surface area contributed by atoms with Gasteiger partial charge in [0, 0.05) is 18.7 Å². The Morgan fingerprint density at radius 2 is 1.78 bits per heavy atom. The molecule has 1 amide bonds. The molecular weight excluding hydrogens is 344 g/mol. The van der Waals surface area contributed by atoms with Gasteiger partial charge in [-0.3, -0.25) is 14.5 Å². The fourth-order valence-corrected chi connectivity index (χ4v) is 4.14. The average Bonchev–Trinajstić information content (AvgIpc) is 3.20. The van der Waals surface area contributed by atoms with E-state index in [0.717, 1.165) is 43.8 Å². The third kappa shape index (κ3) is 5.45. The first-order valence-electron chi connectivity index (χ1n) is 10.1. The molecule has 1 aliphatic carbocycles. The summed E-state index contributed by atoms with van der Waals surface area (Å²) >= 11 is 0. The molecule has 1 aliphatic heterocycles. The van der Waals surface area contributed by atoms with E-state index in [1.807, 2.05) is 24.3 Å². The lowest BCUT2D eigenvalue weighted by atomic mass is 9.78. The van der Waals surface area contributed by atoms with Crippen LogP contribution in [0.2, 0.25) is 0 Å². The molecule has 6 nitrogen and oxygen atoms in total. The predicted octanol–water partition coefficient (Wildman–Crippen LogP) is 2.67. The highest BCUT2D eigenvalue weighted by molar-refractivity contribution is 5.84. The van der Waals surface area contributed by atoms with E-state index in [4.69, 9.17) is 4.74 Å². The van der Waals surface area contributed by atoms with Crippen LogP contribution < -0.4 is 10.1 Å². The van der Waals surface area contributed by atoms with Crippen LogP contribution in [0.25, 0.3) is 0 Å². The number of carbonyl (C=O) groups excluding carboxylic acids is 1. The summed E-state index contributed by atoms with van der Waals surface area (Å²) in [4.78, 5) is 26.4. The van der Waals surface area contributed by atoms with E-state index in [9.17, 15) is 14.7 Å². The standard InChI is InChI=1S/C21H30N2O4/c24-20(17-8-2-3-9-18(17)21(25)26)22-15-16-7-1-4-10-19(16)27-14-13-23-11-5-6-12-23/h1,4,7,10,17-18H,2-3,5-6,8-9,11-15H2,(H,22,24)(H,25,26). The predicted molar refractivity (Wildman–Crippen MR) is 103 cm³/mol. The number of hydrogen-bond acceptors (Lipinski definition) is 4. The van der Waals surface area contributed by atoms with Crippen molar-refractivity contribution in [2.75, 3.05) is 26.2 Å². The SMILES string of the molecule is O=C(O)C1CCCCC1C(=O)NCc1ccccc1OCCN1CCCC1. The van der Waals surface area contributed by atoms with Crippen molar-refractivity contribution in [2.45, 2.75) is 45.1 Å². The van der Waals surface area contributed by atoms with E-state index in [1.165, 1.54) is 12.8 Å². The number of benzene rings is 1. The number of likely N-dealkylation sites (tertiary alicyclic amines) is 1. The molecule has 0 radical (unpaired) electrons. The minimum Gasteiger partial charge on any atom is -0.492 e. The summed E-state index contributed by atoms with van der Waals surface area (Å²) in [5, 5.41) is 12.3. The average molecular weight is 374 g/mol. The van der Waals surface area contributed by atoms with E-state index in [0.29, 0.717) is 26.0 Å². The highest BCUT2D eigenvalue weighted by Crippen LogP contribution is 2.30. The molecule has 1 saturated carbocycles. The number of carboxylic acid groups (broad SMARTS) is 1. The number of nitrogens with one attached hydrogen (secondary N) is 1. The molecule has 1 heterocycles. The van der Waals surface area contributed by atoms with Gasteiger partial charge in [0.15, 0.2) is 0 Å². The molecule has 1 saturated heterocycles. The minimum absolute atomic E-state index is 0.158. The van der Waals surface area contributed by atoms with E-state index in [-0.39, 0.29) is 5.91 Å². The maximum Gasteiger partial charge on any atom is 0.307 e. The Morgan fingerprint density at radius 1 is 1.07 bits per heavy atom. The summed E-state index contributed by atoms with van der Waals surface area (Å²) in [5.41, 5.74) is 0.926. The Morgan fingerprint density at radius 3 is 2.52 bits per heavy atom. The summed E-state index contributed by atoms with van der Waals surface area (Å²) in [5.74, 6) is -1.23. The highest BCUT2D eigenvalue weighted by atomic mass is 16.5. The van der Waals surface area contributed by atoms with Crippen LogP contribution in [0.1, 0.15) is 44.1 Å². The molecule has 2 N–H and O–H groups in total. The van der Waals surface area contributed by atoms with Crippen molar-refractivity contribution < 1.29 is 19.4 Å². The lowest BCUT2D eigenvalue weighted by molar-refractivity contribution is -0.148. The van der Waals surface area contributed by atoms with Crippen LogP contribution in [-0.2, 0) is 16.1 Å². The van der Waals surface area contributed by atoms with Crippen molar-refractivity contribution in [3.8, 4) is 5.75 Å². The number of nitrogens with zero attached hydrogens (tertiary/aromatic N) is 1. The quantitative estimate of drug-likeness (QED) is 0.731. The molecule has 0 aromatic heterocycles. The molecule has 2 atom stereocenters. The van der Waals surface area contributed by atoms with Gasteiger partial charge in [0.25, 0.3) is 0 Å². The van der Waals surface area contributed by atoms with Gasteiger partial charge in [-0.05, 0) is 44.8 Å². The molecule has 3 rings (SSSR count). The summed E-state index contributed by atoms with van der Waals surface area (Å²) in [6, 6.07) is 7.72. The number of aliphatic carboxylic acids is 1. The molecule has 1 aromatic carbocycles. The zero-order chi connectivity index (χ0) is 19.1. The smallest absolute Gasteiger partial charge is 0.307 e. The van der Waals surface area contributed by atoms with Gasteiger partial charge in [0.05, 0.1) is 11.8 Å². The molecule has 0 bridgehead atoms. The third-order valence-electron chi connectivity index (χ3n) is 5.71. The summed E-state index contributed by atoms with van der Waals surface area (Å²) in [7, 11) is 0. The van der Waals surface area contributed by atoms with E-state index in [2.05, 4.69) is 10.2 Å². The molecule has 1 aromatic rings. The van der Waals surface area contributed by atoms with Gasteiger partial charge in [0.2, 0.25) is 5.91 Å². The molecule has 148 valence electrons. The Bertz CT molecular complexity index is 643. The third-order valence-corrected chi connectivity index (χ3v) is 5.71. The van der Waals surface area contributed by atoms with Crippen molar-refractivity contribution >= 4 is 11.9 Å². The number of hydrogen-bond donors (Lipinski definition) is 2. The minimum atomic E-state index is -0.861. The topological polar surface area (TPSA) is 78.9 Å².